The van der Waals surface area contributed by atoms with Gasteiger partial charge in [0.2, 0.25) is 0 Å². The van der Waals surface area contributed by atoms with Crippen molar-refractivity contribution in [3.63, 3.8) is 0 Å². The summed E-state index contributed by atoms with van der Waals surface area (Å²) in [6.07, 6.45) is -59.7. The van der Waals surface area contributed by atoms with Crippen LogP contribution in [0.2, 0.25) is 0 Å². The van der Waals surface area contributed by atoms with Gasteiger partial charge in [0, 0.05) is 98.1 Å². The van der Waals surface area contributed by atoms with E-state index < -0.39 is 343 Å². The quantitative estimate of drug-likeness (QED) is 0.0168. The van der Waals surface area contributed by atoms with E-state index >= 15 is 0 Å². The first-order valence-corrected chi connectivity index (χ1v) is 34.0. The van der Waals surface area contributed by atoms with Crippen LogP contribution in [0.15, 0.2) is 69.9 Å². The summed E-state index contributed by atoms with van der Waals surface area (Å²) in [6.45, 7) is -7.88. The summed E-state index contributed by atoms with van der Waals surface area (Å²) < 4.78 is 460. The monoisotopic (exact) mass is 1600 g/mol. The molecule has 6 aliphatic carbocycles. The van der Waals surface area contributed by atoms with E-state index in [0.717, 1.165) is 39.5 Å². The summed E-state index contributed by atoms with van der Waals surface area (Å²) in [5, 5.41) is 123. The Morgan fingerprint density at radius 3 is 1.32 bits per heavy atom. The van der Waals surface area contributed by atoms with Gasteiger partial charge in [0.05, 0.1) is 116 Å². The summed E-state index contributed by atoms with van der Waals surface area (Å²) in [5.41, 5.74) is -13.1. The molecule has 6 aliphatic rings. The Morgan fingerprint density at radius 1 is 0.519 bits per heavy atom. The maximum atomic E-state index is 14.9. The second-order valence-corrected chi connectivity index (χ2v) is 25.0. The molecule has 6 saturated carbocycles. The lowest BCUT2D eigenvalue weighted by Crippen LogP contribution is -2.33. The van der Waals surface area contributed by atoms with Crippen LogP contribution in [0.4, 0.5) is 30.6 Å². The van der Waals surface area contributed by atoms with Crippen LogP contribution in [0.5, 0.6) is 0 Å². The molecule has 0 saturated heterocycles. The van der Waals surface area contributed by atoms with Crippen molar-refractivity contribution < 1.29 is 139 Å². The van der Waals surface area contributed by atoms with Crippen LogP contribution in [-0.4, -0.2) is 250 Å². The first-order chi connectivity index (χ1) is 70.0. The molecule has 0 bridgehead atoms. The average molecular weight is 1600 g/mol. The molecule has 6 fully saturated rings. The number of aliphatic hydroxyl groups excluding tert-OH is 2. The largest absolute Gasteiger partial charge is 0.394 e. The normalized spacial score (nSPS) is 47.6. The van der Waals surface area contributed by atoms with Crippen molar-refractivity contribution in [3.05, 3.63) is 105 Å². The van der Waals surface area contributed by atoms with Crippen molar-refractivity contribution in [3.8, 4) is 0 Å². The molecule has 6 aromatic heterocycles. The Kier molecular flexibility index (Phi) is 12.6. The molecule has 6 heterocycles. The molecule has 9 aromatic rings. The van der Waals surface area contributed by atoms with Crippen LogP contribution < -0.4 is 16.0 Å². The van der Waals surface area contributed by atoms with Crippen LogP contribution in [0.1, 0.15) is 213 Å². The van der Waals surface area contributed by atoms with E-state index in [1.807, 2.05) is 6.92 Å². The number of thioether (sulfide) groups is 3. The lowest BCUT2D eigenvalue weighted by Gasteiger charge is -2.17. The summed E-state index contributed by atoms with van der Waals surface area (Å²) in [5.74, 6) is -10.4. The number of benzene rings is 3. The zero-order valence-corrected chi connectivity index (χ0v) is 58.7. The standard InChI is InChI=1S/3C24H31FN6O4S/c3*1-3-8-36-24-27-22(26-16-10-14(16)13-5-4-12(2)15(25)9-13)19-23(28-24)31(30-29-19)17-11-18(35-7-6-32)21(34)20(17)33/h3*4-5,9,14,16-18,20-21,32-34H,3,6-8,10-11H2,1-2H3,(H,26,27,28)/t3*14-,16+,17+,18-,20-,21+/m000/s1/i3D2,4D,5D,6D2,7D2,8D2,9D,10D2,11D2,16D,17D,18D,20D,21D;3D2,4D,5D,7D2,8D2,9D,10D2,11D2,16D,17D,18D,20D,21D;4D,5D,9D,11D2,14D,17D,18D,20D,21D. The van der Waals surface area contributed by atoms with E-state index in [1.165, 1.54) is 6.92 Å². The van der Waals surface area contributed by atoms with Gasteiger partial charge in [-0.1, -0.05) is 108 Å². The third-order valence-electron chi connectivity index (χ3n) is 15.1. The van der Waals surface area contributed by atoms with Crippen molar-refractivity contribution >= 4 is 86.2 Å². The lowest BCUT2D eigenvalue weighted by molar-refractivity contribution is -0.0629. The van der Waals surface area contributed by atoms with Gasteiger partial charge in [-0.15, -0.1) is 15.3 Å². The number of nitrogens with zero attached hydrogens (tertiary/aromatic N) is 15. The van der Waals surface area contributed by atoms with Gasteiger partial charge in [-0.25, -0.2) is 57.1 Å². The Labute approximate surface area is 700 Å². The van der Waals surface area contributed by atoms with Crippen molar-refractivity contribution in [2.75, 3.05) is 72.6 Å². The summed E-state index contributed by atoms with van der Waals surface area (Å²) >= 11 is 0.968. The van der Waals surface area contributed by atoms with Crippen molar-refractivity contribution in [2.24, 2.45) is 0 Å². The van der Waals surface area contributed by atoms with Gasteiger partial charge in [0.25, 0.3) is 0 Å². The molecule has 15 rings (SSSR count). The van der Waals surface area contributed by atoms with Gasteiger partial charge >= 0.3 is 0 Å². The highest BCUT2D eigenvalue weighted by Crippen LogP contribution is 2.48. The SMILES string of the molecule is [2H]c1c([2H])c([C@@H]2C([2H])([2H])[C@@]2([2H])Nc2nc(SC([2H])([2H])C([2H])([2H])C)nc3c2nnn3[C@]2([2H])C([2H])([2H])[C@]([2H])(OC([2H])([2H])C([2H])([2H])O)[C@@]([2H])(O)[C@@]2([2H])O)c([2H])c(F)c1C.[2H]c1c([2H])c([C@@H]2C([2H])([2H])[C@@]2([2H])Nc2nc(SC([2H])([2H])C([2H])([2H])C)nc3c2nnn3[C@]2([2H])C([2H])([2H])[C@]([2H])(OC([2H])([2H])CO)[C@@]([2H])(O)[C@@]2([2H])O)c([2H])c(F)c1C.[2H]c1c([2H])c([C@]2([2H])C[C@H]2Nc2nc(SCCC)nc3c2nnn3[C@]2([2H])C([2H])([2H])[C@]([2H])(OCCO)[C@@]([2H])(O)[C@@]2([2H])O)c([2H])c(F)c1C. The predicted molar refractivity (Wildman–Crippen MR) is 398 cm³/mol. The number of halogens is 3. The van der Waals surface area contributed by atoms with Crippen molar-refractivity contribution in [1.29, 1.82) is 0 Å². The minimum absolute atomic E-state index is 0.0132. The average Bonchev–Trinajstić information content (AvgIpc) is 1.48. The van der Waals surface area contributed by atoms with E-state index in [0.29, 0.717) is 16.9 Å². The fourth-order valence-electron chi connectivity index (χ4n) is 9.71. The van der Waals surface area contributed by atoms with E-state index in [2.05, 4.69) is 86.3 Å². The van der Waals surface area contributed by atoms with Crippen molar-refractivity contribution in [2.45, 2.75) is 223 Å². The Balaban J connectivity index is 0.000000195. The van der Waals surface area contributed by atoms with E-state index in [-0.39, 0.29) is 72.5 Å². The molecule has 12 N–H and O–H groups in total. The summed E-state index contributed by atoms with van der Waals surface area (Å²) in [4.78, 5) is 24.5. The number of aromatic nitrogens is 15. The number of hydrogen-bond acceptors (Lipinski definition) is 30. The maximum Gasteiger partial charge on any atom is 0.191 e. The molecule has 0 amide bonds. The van der Waals surface area contributed by atoms with Gasteiger partial charge in [-0.3, -0.25) is 0 Å². The fraction of sp³-hybridized carbons (Fsp3) is 0.583. The molecule has 3 aromatic carbocycles. The number of fused-ring (bicyclic) bond motifs is 3. The molecule has 0 radical (unpaired) electrons. The van der Waals surface area contributed by atoms with Crippen LogP contribution in [0.25, 0.3) is 33.5 Å². The highest BCUT2D eigenvalue weighted by molar-refractivity contribution is 7.99. The zero-order valence-electron chi connectivity index (χ0n) is 104. The Hall–Kier alpha value is -7.14. The van der Waals surface area contributed by atoms with Gasteiger partial charge in [0.1, 0.15) is 53.9 Å². The Bertz CT molecular complexity index is 7130. The van der Waals surface area contributed by atoms with Crippen LogP contribution in [-0.2, 0) is 14.2 Å². The summed E-state index contributed by atoms with van der Waals surface area (Å²) in [7, 11) is 0. The molecule has 36 heteroatoms. The van der Waals surface area contributed by atoms with E-state index in [1.54, 1.807) is 0 Å². The molecule has 582 valence electrons. The maximum absolute atomic E-state index is 14.9. The molecule has 30 nitrogen and oxygen atoms in total. The first-order valence-electron chi connectivity index (χ1n) is 55.4. The molecule has 0 spiro atoms. The number of anilines is 3. The minimum atomic E-state index is -4.51. The van der Waals surface area contributed by atoms with Gasteiger partial charge < -0.3 is 76.1 Å². The van der Waals surface area contributed by atoms with Crippen LogP contribution in [0.3, 0.4) is 0 Å². The number of rotatable bonds is 30. The minimum Gasteiger partial charge on any atom is -0.394 e. The highest BCUT2D eigenvalue weighted by Gasteiger charge is 2.49. The molecule has 0 unspecified atom stereocenters. The van der Waals surface area contributed by atoms with Gasteiger partial charge in [-0.2, -0.15) is 0 Å². The molecular weight excluding hydrogens is 1460 g/mol. The van der Waals surface area contributed by atoms with Crippen LogP contribution >= 0.6 is 35.3 Å². The summed E-state index contributed by atoms with van der Waals surface area (Å²) in [6, 6.07) is -24.7. The predicted octanol–water partition coefficient (Wildman–Crippen LogP) is 6.55. The van der Waals surface area contributed by atoms with E-state index in [4.69, 9.17) is 70.5 Å². The molecule has 18 atom stereocenters. The third kappa shape index (κ3) is 17.5. The number of aliphatic hydroxyl groups is 9. The van der Waals surface area contributed by atoms with Gasteiger partial charge in [0.15, 0.2) is 66.4 Å². The van der Waals surface area contributed by atoms with Crippen LogP contribution in [0, 0.1) is 38.2 Å². The smallest absolute Gasteiger partial charge is 0.191 e. The van der Waals surface area contributed by atoms with Gasteiger partial charge in [-0.05, 0) is 111 Å². The number of nitrogens with one attached hydrogen (secondary N) is 3. The second kappa shape index (κ2) is 35.1. The highest BCUT2D eigenvalue weighted by atomic mass is 32.2. The lowest BCUT2D eigenvalue weighted by atomic mass is 10.1. The zero-order chi connectivity index (χ0) is 119. The topological polar surface area (TPSA) is 415 Å². The molecular formula is C72H93F3N18O12S3. The molecule has 0 aliphatic heterocycles. The van der Waals surface area contributed by atoms with E-state index in [9.17, 15) is 59.1 Å². The Morgan fingerprint density at radius 2 is 0.917 bits per heavy atom. The number of hydrogen-bond donors (Lipinski definition) is 12. The first kappa shape index (κ1) is 38.9. The fourth-order valence-corrected chi connectivity index (χ4v) is 11.3. The number of ether oxygens (including phenoxy) is 3. The van der Waals surface area contributed by atoms with Crippen molar-refractivity contribution in [1.82, 2.24) is 74.9 Å². The second-order valence-electron chi connectivity index (χ2n) is 22.4. The molecule has 108 heavy (non-hydrogen) atoms. The third-order valence-corrected chi connectivity index (χ3v) is 17.5.